The van der Waals surface area contributed by atoms with Gasteiger partial charge in [-0.15, -0.1) is 6.42 Å². The van der Waals surface area contributed by atoms with Gasteiger partial charge in [-0.3, -0.25) is 0 Å². The first kappa shape index (κ1) is 9.26. The highest BCUT2D eigenvalue weighted by atomic mass is 16.5. The van der Waals surface area contributed by atoms with E-state index in [1.54, 1.807) is 0 Å². The van der Waals surface area contributed by atoms with Crippen LogP contribution in [0.15, 0.2) is 24.3 Å². The highest BCUT2D eigenvalue weighted by Gasteiger charge is 2.24. The van der Waals surface area contributed by atoms with Crippen molar-refractivity contribution in [3.63, 3.8) is 0 Å². The van der Waals surface area contributed by atoms with Gasteiger partial charge >= 0.3 is 0 Å². The van der Waals surface area contributed by atoms with E-state index < -0.39 is 0 Å². The van der Waals surface area contributed by atoms with Crippen molar-refractivity contribution < 1.29 is 4.74 Å². The van der Waals surface area contributed by atoms with E-state index in [2.05, 4.69) is 12.0 Å². The molecular weight excluding hydrogens is 174 g/mol. The minimum Gasteiger partial charge on any atom is -0.370 e. The number of hydrogen-bond donors (Lipinski definition) is 1. The van der Waals surface area contributed by atoms with Gasteiger partial charge in [-0.05, 0) is 17.5 Å². The maximum Gasteiger partial charge on any atom is 0.109 e. The molecule has 72 valence electrons. The molecular formula is C12H13NO. The highest BCUT2D eigenvalue weighted by molar-refractivity contribution is 5.33. The zero-order chi connectivity index (χ0) is 9.97. The van der Waals surface area contributed by atoms with Crippen LogP contribution >= 0.6 is 0 Å². The van der Waals surface area contributed by atoms with E-state index >= 15 is 0 Å². The Morgan fingerprint density at radius 2 is 2.29 bits per heavy atom. The van der Waals surface area contributed by atoms with E-state index in [9.17, 15) is 0 Å². The molecule has 0 aliphatic carbocycles. The lowest BCUT2D eigenvalue weighted by Crippen LogP contribution is -2.32. The summed E-state index contributed by atoms with van der Waals surface area (Å²) in [6, 6.07) is 7.81. The van der Waals surface area contributed by atoms with Crippen LogP contribution in [0.2, 0.25) is 0 Å². The maximum absolute atomic E-state index is 5.80. The second-order valence-corrected chi connectivity index (χ2v) is 3.43. The first-order valence-corrected chi connectivity index (χ1v) is 4.74. The topological polar surface area (TPSA) is 35.2 Å². The summed E-state index contributed by atoms with van der Waals surface area (Å²) in [5, 5.41) is 0. The van der Waals surface area contributed by atoms with Crippen LogP contribution in [0.25, 0.3) is 0 Å². The standard InChI is InChI=1S/C12H13NO/c1-2-11(13)12-10-6-4-3-5-9(10)7-8-14-12/h1,3-6,11-12H,7-8,13H2. The second-order valence-electron chi connectivity index (χ2n) is 3.43. The minimum absolute atomic E-state index is 0.134. The molecule has 0 amide bonds. The normalized spacial score (nSPS) is 22.1. The second kappa shape index (κ2) is 3.83. The molecule has 2 atom stereocenters. The Labute approximate surface area is 84.1 Å². The minimum atomic E-state index is -0.351. The van der Waals surface area contributed by atoms with E-state index in [0.717, 1.165) is 12.0 Å². The van der Waals surface area contributed by atoms with E-state index in [-0.39, 0.29) is 12.1 Å². The number of nitrogens with two attached hydrogens (primary N) is 1. The molecule has 2 rings (SSSR count). The summed E-state index contributed by atoms with van der Waals surface area (Å²) in [6.07, 6.45) is 6.12. The quantitative estimate of drug-likeness (QED) is 0.672. The lowest BCUT2D eigenvalue weighted by Gasteiger charge is -2.27. The van der Waals surface area contributed by atoms with Gasteiger partial charge in [0, 0.05) is 0 Å². The lowest BCUT2D eigenvalue weighted by molar-refractivity contribution is 0.0360. The number of ether oxygens (including phenoxy) is 1. The molecule has 0 fully saturated rings. The van der Waals surface area contributed by atoms with Gasteiger partial charge in [-0.25, -0.2) is 0 Å². The summed E-state index contributed by atoms with van der Waals surface area (Å²) in [6.45, 7) is 0.705. The molecule has 0 radical (unpaired) electrons. The van der Waals surface area contributed by atoms with Crippen LogP contribution in [0.5, 0.6) is 0 Å². The molecule has 0 aromatic heterocycles. The molecule has 14 heavy (non-hydrogen) atoms. The molecule has 1 aromatic carbocycles. The fourth-order valence-electron chi connectivity index (χ4n) is 1.81. The molecule has 1 aliphatic heterocycles. The van der Waals surface area contributed by atoms with Crippen molar-refractivity contribution >= 4 is 0 Å². The van der Waals surface area contributed by atoms with Crippen LogP contribution in [-0.4, -0.2) is 12.6 Å². The summed E-state index contributed by atoms with van der Waals surface area (Å²) < 4.78 is 5.59. The molecule has 0 saturated carbocycles. The van der Waals surface area contributed by atoms with Gasteiger partial charge in [-0.2, -0.15) is 0 Å². The third kappa shape index (κ3) is 1.52. The summed E-state index contributed by atoms with van der Waals surface area (Å²) in [4.78, 5) is 0. The van der Waals surface area contributed by atoms with Crippen LogP contribution < -0.4 is 5.73 Å². The Morgan fingerprint density at radius 3 is 3.07 bits per heavy atom. The molecule has 2 unspecified atom stereocenters. The number of benzene rings is 1. The Hall–Kier alpha value is -1.30. The van der Waals surface area contributed by atoms with Gasteiger partial charge in [0.2, 0.25) is 0 Å². The molecule has 2 N–H and O–H groups in total. The van der Waals surface area contributed by atoms with Crippen molar-refractivity contribution in [2.75, 3.05) is 6.61 Å². The van der Waals surface area contributed by atoms with Crippen LogP contribution in [-0.2, 0) is 11.2 Å². The Balaban J connectivity index is 2.36. The zero-order valence-electron chi connectivity index (χ0n) is 7.94. The fraction of sp³-hybridized carbons (Fsp3) is 0.333. The van der Waals surface area contributed by atoms with Gasteiger partial charge in [0.05, 0.1) is 12.6 Å². The molecule has 1 aliphatic rings. The van der Waals surface area contributed by atoms with E-state index in [4.69, 9.17) is 16.9 Å². The first-order chi connectivity index (χ1) is 6.83. The summed E-state index contributed by atoms with van der Waals surface area (Å²) in [5.41, 5.74) is 8.24. The van der Waals surface area contributed by atoms with Gasteiger partial charge in [0.1, 0.15) is 6.10 Å². The predicted octanol–water partition coefficient (Wildman–Crippen LogP) is 1.26. The van der Waals surface area contributed by atoms with Gasteiger partial charge < -0.3 is 10.5 Å². The van der Waals surface area contributed by atoms with Crippen molar-refractivity contribution in [2.24, 2.45) is 5.73 Å². The third-order valence-electron chi connectivity index (χ3n) is 2.55. The molecule has 1 heterocycles. The van der Waals surface area contributed by atoms with Crippen molar-refractivity contribution in [1.82, 2.24) is 0 Å². The molecule has 0 bridgehead atoms. The number of hydrogen-bond acceptors (Lipinski definition) is 2. The molecule has 1 aromatic rings. The number of fused-ring (bicyclic) bond motifs is 1. The predicted molar refractivity (Wildman–Crippen MR) is 55.6 cm³/mol. The van der Waals surface area contributed by atoms with Crippen LogP contribution in [0.1, 0.15) is 17.2 Å². The lowest BCUT2D eigenvalue weighted by atomic mass is 9.94. The Kier molecular flexibility index (Phi) is 2.53. The summed E-state index contributed by atoms with van der Waals surface area (Å²) >= 11 is 0. The van der Waals surface area contributed by atoms with Crippen LogP contribution in [0, 0.1) is 12.3 Å². The van der Waals surface area contributed by atoms with E-state index in [0.29, 0.717) is 6.61 Å². The van der Waals surface area contributed by atoms with Crippen molar-refractivity contribution in [3.8, 4) is 12.3 Å². The fourth-order valence-corrected chi connectivity index (χ4v) is 1.81. The van der Waals surface area contributed by atoms with Crippen molar-refractivity contribution in [2.45, 2.75) is 18.6 Å². The third-order valence-corrected chi connectivity index (χ3v) is 2.55. The summed E-state index contributed by atoms with van der Waals surface area (Å²) in [5.74, 6) is 2.53. The number of terminal acetylenes is 1. The maximum atomic E-state index is 5.80. The van der Waals surface area contributed by atoms with Gasteiger partial charge in [0.25, 0.3) is 0 Å². The molecule has 0 spiro atoms. The Morgan fingerprint density at radius 1 is 1.50 bits per heavy atom. The molecule has 0 saturated heterocycles. The van der Waals surface area contributed by atoms with E-state index in [1.165, 1.54) is 5.56 Å². The largest absolute Gasteiger partial charge is 0.370 e. The monoisotopic (exact) mass is 187 g/mol. The zero-order valence-corrected chi connectivity index (χ0v) is 7.94. The van der Waals surface area contributed by atoms with Gasteiger partial charge in [0.15, 0.2) is 0 Å². The molecule has 2 nitrogen and oxygen atoms in total. The van der Waals surface area contributed by atoms with Gasteiger partial charge in [-0.1, -0.05) is 30.2 Å². The SMILES string of the molecule is C#CC(N)C1OCCc2ccccc21. The highest BCUT2D eigenvalue weighted by Crippen LogP contribution is 2.28. The average molecular weight is 187 g/mol. The van der Waals surface area contributed by atoms with Crippen LogP contribution in [0.4, 0.5) is 0 Å². The smallest absolute Gasteiger partial charge is 0.109 e. The average Bonchev–Trinajstić information content (AvgIpc) is 2.27. The number of rotatable bonds is 1. The Bertz CT molecular complexity index is 367. The summed E-state index contributed by atoms with van der Waals surface area (Å²) in [7, 11) is 0. The molecule has 2 heteroatoms. The van der Waals surface area contributed by atoms with Crippen molar-refractivity contribution in [3.05, 3.63) is 35.4 Å². The van der Waals surface area contributed by atoms with E-state index in [1.807, 2.05) is 18.2 Å². The first-order valence-electron chi connectivity index (χ1n) is 4.74. The van der Waals surface area contributed by atoms with Crippen LogP contribution in [0.3, 0.4) is 0 Å². The van der Waals surface area contributed by atoms with Crippen molar-refractivity contribution in [1.29, 1.82) is 0 Å².